The monoisotopic (exact) mass is 517 g/mol. The molecule has 1 aliphatic rings. The second-order valence-electron chi connectivity index (χ2n) is 11.2. The average molecular weight is 518 g/mol. The fourth-order valence-corrected chi connectivity index (χ4v) is 7.68. The summed E-state index contributed by atoms with van der Waals surface area (Å²) in [6.45, 7) is 0. The molecule has 0 aliphatic heterocycles. The molecule has 0 unspecified atom stereocenters. The Kier molecular flexibility index (Phi) is 3.98. The molecule has 0 spiro atoms. The van der Waals surface area contributed by atoms with Crippen LogP contribution >= 0.6 is 0 Å². The highest BCUT2D eigenvalue weighted by Crippen LogP contribution is 2.50. The first-order chi connectivity index (χ1) is 20.4. The first-order valence-corrected chi connectivity index (χ1v) is 14.3. The van der Waals surface area contributed by atoms with Gasteiger partial charge >= 0.3 is 0 Å². The Labute approximate surface area is 236 Å². The van der Waals surface area contributed by atoms with E-state index in [9.17, 15) is 0 Å². The minimum atomic E-state index is 1.23. The Morgan fingerprint density at radius 1 is 0.317 bits per heavy atom. The van der Waals surface area contributed by atoms with Gasteiger partial charge in [0.25, 0.3) is 0 Å². The zero-order chi connectivity index (χ0) is 26.7. The van der Waals surface area contributed by atoms with Crippen LogP contribution in [-0.2, 0) is 0 Å². The van der Waals surface area contributed by atoms with Gasteiger partial charge in [-0.3, -0.25) is 0 Å². The maximum Gasteiger partial charge on any atom is 0.0626 e. The molecule has 1 heteroatoms. The van der Waals surface area contributed by atoms with Crippen molar-refractivity contribution in [1.29, 1.82) is 0 Å². The summed E-state index contributed by atoms with van der Waals surface area (Å²) in [6.07, 6.45) is 0. The summed E-state index contributed by atoms with van der Waals surface area (Å²) in [5.74, 6) is 0. The highest BCUT2D eigenvalue weighted by molar-refractivity contribution is 6.36. The molecule has 1 nitrogen and oxygen atoms in total. The molecule has 1 aliphatic carbocycles. The third-order valence-corrected chi connectivity index (χ3v) is 9.29. The molecule has 9 aromatic rings. The average Bonchev–Trinajstić information content (AvgIpc) is 3.56. The third kappa shape index (κ3) is 2.61. The van der Waals surface area contributed by atoms with Gasteiger partial charge in [0.15, 0.2) is 0 Å². The number of hydrogen-bond donors (Lipinski definition) is 0. The summed E-state index contributed by atoms with van der Waals surface area (Å²) in [4.78, 5) is 0. The van der Waals surface area contributed by atoms with Crippen LogP contribution in [0.5, 0.6) is 0 Å². The lowest BCUT2D eigenvalue weighted by molar-refractivity contribution is 1.21. The van der Waals surface area contributed by atoms with Crippen molar-refractivity contribution in [3.63, 3.8) is 0 Å². The predicted molar refractivity (Wildman–Crippen MR) is 175 cm³/mol. The van der Waals surface area contributed by atoms with E-state index in [1.54, 1.807) is 0 Å². The molecule has 0 atom stereocenters. The van der Waals surface area contributed by atoms with Crippen LogP contribution in [0.3, 0.4) is 0 Å². The summed E-state index contributed by atoms with van der Waals surface area (Å²) < 4.78 is 2.54. The first kappa shape index (κ1) is 21.4. The largest absolute Gasteiger partial charge is 0.308 e. The van der Waals surface area contributed by atoms with Gasteiger partial charge in [-0.15, -0.1) is 0 Å². The molecule has 1 heterocycles. The SMILES string of the molecule is c1ccc2c(c1)-c1cccc3c(-n4c5ccccc5c5c6ccc7ccccc7c6c6ccccc6c54)ccc-2c13. The van der Waals surface area contributed by atoms with Crippen molar-refractivity contribution in [2.75, 3.05) is 0 Å². The Morgan fingerprint density at radius 2 is 0.951 bits per heavy atom. The topological polar surface area (TPSA) is 4.93 Å². The molecule has 10 rings (SSSR count). The molecule has 41 heavy (non-hydrogen) atoms. The van der Waals surface area contributed by atoms with Crippen molar-refractivity contribution in [3.05, 3.63) is 140 Å². The number of aromatic nitrogens is 1. The van der Waals surface area contributed by atoms with E-state index in [1.807, 2.05) is 0 Å². The fourth-order valence-electron chi connectivity index (χ4n) is 7.68. The lowest BCUT2D eigenvalue weighted by atomic mass is 9.93. The summed E-state index contributed by atoms with van der Waals surface area (Å²) in [6, 6.07) is 51.6. The maximum atomic E-state index is 2.54. The molecular formula is C40H23N. The van der Waals surface area contributed by atoms with E-state index in [1.165, 1.54) is 92.8 Å². The quantitative estimate of drug-likeness (QED) is 0.191. The molecule has 0 fully saturated rings. The van der Waals surface area contributed by atoms with Crippen molar-refractivity contribution >= 4 is 64.9 Å². The zero-order valence-electron chi connectivity index (χ0n) is 22.2. The minimum Gasteiger partial charge on any atom is -0.308 e. The summed E-state index contributed by atoms with van der Waals surface area (Å²) in [5, 5.41) is 13.1. The van der Waals surface area contributed by atoms with E-state index in [0.717, 1.165) is 0 Å². The lowest BCUT2D eigenvalue weighted by Crippen LogP contribution is -1.97. The van der Waals surface area contributed by atoms with E-state index in [2.05, 4.69) is 144 Å². The normalized spacial score (nSPS) is 12.4. The van der Waals surface area contributed by atoms with Crippen LogP contribution in [0, 0.1) is 0 Å². The van der Waals surface area contributed by atoms with Gasteiger partial charge in [0.2, 0.25) is 0 Å². The van der Waals surface area contributed by atoms with Gasteiger partial charge in [0, 0.05) is 21.5 Å². The first-order valence-electron chi connectivity index (χ1n) is 14.3. The van der Waals surface area contributed by atoms with E-state index < -0.39 is 0 Å². The van der Waals surface area contributed by atoms with Crippen molar-refractivity contribution in [2.24, 2.45) is 0 Å². The van der Waals surface area contributed by atoms with Gasteiger partial charge in [-0.05, 0) is 66.7 Å². The van der Waals surface area contributed by atoms with Crippen LogP contribution in [0.2, 0.25) is 0 Å². The number of rotatable bonds is 1. The lowest BCUT2D eigenvalue weighted by Gasteiger charge is -2.16. The molecule has 0 bridgehead atoms. The van der Waals surface area contributed by atoms with E-state index >= 15 is 0 Å². The van der Waals surface area contributed by atoms with Crippen LogP contribution in [0.1, 0.15) is 0 Å². The van der Waals surface area contributed by atoms with Crippen LogP contribution < -0.4 is 0 Å². The van der Waals surface area contributed by atoms with Crippen LogP contribution in [0.15, 0.2) is 140 Å². The third-order valence-electron chi connectivity index (χ3n) is 9.29. The molecule has 0 radical (unpaired) electrons. The molecule has 8 aromatic carbocycles. The molecular weight excluding hydrogens is 494 g/mol. The number of nitrogens with zero attached hydrogens (tertiary/aromatic N) is 1. The van der Waals surface area contributed by atoms with Crippen LogP contribution in [0.4, 0.5) is 0 Å². The molecule has 188 valence electrons. The molecule has 0 saturated carbocycles. The van der Waals surface area contributed by atoms with Crippen molar-refractivity contribution in [1.82, 2.24) is 4.57 Å². The Bertz CT molecular complexity index is 2550. The molecule has 0 amide bonds. The van der Waals surface area contributed by atoms with Gasteiger partial charge in [-0.1, -0.05) is 127 Å². The summed E-state index contributed by atoms with van der Waals surface area (Å²) in [5.41, 5.74) is 9.07. The Morgan fingerprint density at radius 3 is 1.80 bits per heavy atom. The number of benzene rings is 8. The Balaban J connectivity index is 1.46. The van der Waals surface area contributed by atoms with Gasteiger partial charge < -0.3 is 4.57 Å². The van der Waals surface area contributed by atoms with Crippen molar-refractivity contribution in [2.45, 2.75) is 0 Å². The zero-order valence-corrected chi connectivity index (χ0v) is 22.2. The Hall–Kier alpha value is -5.40. The van der Waals surface area contributed by atoms with Gasteiger partial charge in [-0.2, -0.15) is 0 Å². The summed E-state index contributed by atoms with van der Waals surface area (Å²) in [7, 11) is 0. The molecule has 0 saturated heterocycles. The highest BCUT2D eigenvalue weighted by Gasteiger charge is 2.25. The number of fused-ring (bicyclic) bond motifs is 13. The molecule has 1 aromatic heterocycles. The van der Waals surface area contributed by atoms with Crippen LogP contribution in [-0.4, -0.2) is 4.57 Å². The van der Waals surface area contributed by atoms with E-state index in [4.69, 9.17) is 0 Å². The summed E-state index contributed by atoms with van der Waals surface area (Å²) >= 11 is 0. The fraction of sp³-hybridized carbons (Fsp3) is 0. The number of hydrogen-bond acceptors (Lipinski definition) is 0. The predicted octanol–water partition coefficient (Wildman–Crippen LogP) is 11.0. The van der Waals surface area contributed by atoms with Crippen LogP contribution in [0.25, 0.3) is 92.8 Å². The highest BCUT2D eigenvalue weighted by atomic mass is 15.0. The standard InChI is InChI=1S/C40H23N/c1-2-11-25-24(10-1)20-21-34-37(25)29-14-5-6-15-31(29)40-39(34)33-16-7-8-19-35(33)41(40)36-23-22-30-27-13-4-3-12-26(27)28-17-9-18-32(36)38(28)30/h1-23H. The minimum absolute atomic E-state index is 1.23. The maximum absolute atomic E-state index is 2.54. The van der Waals surface area contributed by atoms with Crippen molar-refractivity contribution < 1.29 is 0 Å². The van der Waals surface area contributed by atoms with E-state index in [-0.39, 0.29) is 0 Å². The second kappa shape index (κ2) is 7.62. The van der Waals surface area contributed by atoms with E-state index in [0.29, 0.717) is 0 Å². The molecule has 0 N–H and O–H groups in total. The van der Waals surface area contributed by atoms with Crippen molar-refractivity contribution in [3.8, 4) is 27.9 Å². The van der Waals surface area contributed by atoms with Gasteiger partial charge in [0.1, 0.15) is 0 Å². The van der Waals surface area contributed by atoms with Gasteiger partial charge in [0.05, 0.1) is 16.7 Å². The number of para-hydroxylation sites is 1. The second-order valence-corrected chi connectivity index (χ2v) is 11.2. The smallest absolute Gasteiger partial charge is 0.0626 e. The van der Waals surface area contributed by atoms with Gasteiger partial charge in [-0.25, -0.2) is 0 Å².